The summed E-state index contributed by atoms with van der Waals surface area (Å²) < 4.78 is 0. The number of benzene rings is 2. The quantitative estimate of drug-likeness (QED) is 0.287. The molecule has 0 spiro atoms. The van der Waals surface area contributed by atoms with E-state index in [2.05, 4.69) is 15.6 Å². The Labute approximate surface area is 259 Å². The highest BCUT2D eigenvalue weighted by Crippen LogP contribution is 2.40. The van der Waals surface area contributed by atoms with E-state index in [1.165, 1.54) is 12.4 Å². The number of hydrogen-bond acceptors (Lipinski definition) is 5. The lowest BCUT2D eigenvalue weighted by Gasteiger charge is -2.50. The van der Waals surface area contributed by atoms with Gasteiger partial charge in [-0.15, -0.1) is 0 Å². The summed E-state index contributed by atoms with van der Waals surface area (Å²) in [6.45, 7) is 0. The van der Waals surface area contributed by atoms with Crippen molar-refractivity contribution in [3.8, 4) is 0 Å². The highest BCUT2D eigenvalue weighted by molar-refractivity contribution is 6.40. The fraction of sp³-hybridized carbons (Fsp3) is 0.344. The molecule has 3 amide bonds. The molecule has 3 heterocycles. The van der Waals surface area contributed by atoms with Crippen LogP contribution in [0.4, 0.5) is 5.69 Å². The average Bonchev–Trinajstić information content (AvgIpc) is 3.01. The van der Waals surface area contributed by atoms with E-state index >= 15 is 0 Å². The molecule has 43 heavy (non-hydrogen) atoms. The Kier molecular flexibility index (Phi) is 9.62. The molecule has 6 rings (SSSR count). The first-order valence-electron chi connectivity index (χ1n) is 14.3. The zero-order chi connectivity index (χ0) is 30.5. The van der Waals surface area contributed by atoms with E-state index in [9.17, 15) is 24.3 Å². The molecule has 3 N–H and O–H groups in total. The molecule has 3 fully saturated rings. The number of piperidine rings is 2. The van der Waals surface area contributed by atoms with E-state index in [1.54, 1.807) is 29.2 Å². The number of aryl methyl sites for hydroxylation is 1. The summed E-state index contributed by atoms with van der Waals surface area (Å²) in [6, 6.07) is 14.5. The predicted molar refractivity (Wildman–Crippen MR) is 163 cm³/mol. The first kappa shape index (κ1) is 30.5. The van der Waals surface area contributed by atoms with Crippen molar-refractivity contribution in [1.29, 1.82) is 0 Å². The second-order valence-electron chi connectivity index (χ2n) is 11.0. The van der Waals surface area contributed by atoms with Crippen LogP contribution in [-0.2, 0) is 27.2 Å². The lowest BCUT2D eigenvalue weighted by molar-refractivity contribution is -0.154. The van der Waals surface area contributed by atoms with Crippen LogP contribution in [0.3, 0.4) is 0 Å². The molecule has 3 aliphatic rings. The molecule has 1 aromatic heterocycles. The van der Waals surface area contributed by atoms with Gasteiger partial charge in [0, 0.05) is 37.0 Å². The molecule has 2 atom stereocenters. The molecular formula is C32H32Cl2N4O5. The minimum atomic E-state index is -1.19. The molecule has 2 aromatic carbocycles. The number of aromatic nitrogens is 1. The number of pyridine rings is 1. The number of carbonyl (C=O) groups excluding carboxylic acids is 3. The molecule has 2 saturated heterocycles. The molecule has 2 bridgehead atoms. The minimum Gasteiger partial charge on any atom is -0.480 e. The van der Waals surface area contributed by atoms with E-state index in [-0.39, 0.29) is 39.9 Å². The van der Waals surface area contributed by atoms with Gasteiger partial charge in [0.05, 0.1) is 15.6 Å². The summed E-state index contributed by atoms with van der Waals surface area (Å²) in [4.78, 5) is 57.4. The van der Waals surface area contributed by atoms with Crippen LogP contribution in [0.5, 0.6) is 0 Å². The van der Waals surface area contributed by atoms with Gasteiger partial charge >= 0.3 is 5.97 Å². The molecule has 1 aliphatic carbocycles. The number of carboxylic acids is 1. The van der Waals surface area contributed by atoms with E-state index in [0.29, 0.717) is 24.1 Å². The molecule has 0 radical (unpaired) electrons. The van der Waals surface area contributed by atoms with Crippen molar-refractivity contribution in [2.45, 2.75) is 63.1 Å². The van der Waals surface area contributed by atoms with Crippen molar-refractivity contribution in [3.05, 3.63) is 93.7 Å². The fourth-order valence-electron chi connectivity index (χ4n) is 6.11. The Bertz CT molecular complexity index is 1470. The summed E-state index contributed by atoms with van der Waals surface area (Å²) in [5.74, 6) is -2.17. The molecule has 224 valence electrons. The van der Waals surface area contributed by atoms with Crippen molar-refractivity contribution in [2.75, 3.05) is 5.32 Å². The lowest BCUT2D eigenvalue weighted by atomic mass is 9.74. The predicted octanol–water partition coefficient (Wildman–Crippen LogP) is 5.16. The number of amides is 3. The Morgan fingerprint density at radius 2 is 1.56 bits per heavy atom. The van der Waals surface area contributed by atoms with Gasteiger partial charge in [-0.25, -0.2) is 4.79 Å². The van der Waals surface area contributed by atoms with Gasteiger partial charge in [0.1, 0.15) is 12.1 Å². The van der Waals surface area contributed by atoms with Gasteiger partial charge in [0.15, 0.2) is 0 Å². The summed E-state index contributed by atoms with van der Waals surface area (Å²) in [6.07, 6.45) is 6.94. The average molecular weight is 624 g/mol. The van der Waals surface area contributed by atoms with Crippen LogP contribution in [0.25, 0.3) is 0 Å². The first-order valence-corrected chi connectivity index (χ1v) is 15.0. The van der Waals surface area contributed by atoms with Crippen molar-refractivity contribution in [2.24, 2.45) is 5.92 Å². The van der Waals surface area contributed by atoms with Crippen LogP contribution < -0.4 is 10.6 Å². The Balaban J connectivity index is 1.23. The Morgan fingerprint density at radius 1 is 0.907 bits per heavy atom. The van der Waals surface area contributed by atoms with Gasteiger partial charge in [0.2, 0.25) is 11.8 Å². The van der Waals surface area contributed by atoms with Crippen molar-refractivity contribution in [1.82, 2.24) is 15.2 Å². The monoisotopic (exact) mass is 622 g/mol. The van der Waals surface area contributed by atoms with E-state index < -0.39 is 29.9 Å². The molecule has 0 unspecified atom stereocenters. The number of aliphatic carboxylic acids is 1. The van der Waals surface area contributed by atoms with E-state index in [0.717, 1.165) is 31.2 Å². The largest absolute Gasteiger partial charge is 0.480 e. The number of carbonyl (C=O) groups is 4. The summed E-state index contributed by atoms with van der Waals surface area (Å²) in [7, 11) is 0. The standard InChI is InChI=1S/C32H32Cl2N4O5/c33-24-17-35-18-25(34)28(24)30(40)36-22-11-6-20(7-12-22)16-26(32(42)43)37-31(41)29-21-9-13-23(14-10-21)38(29)27(39)15-8-19-4-2-1-3-5-19/h1-7,11-12,17-18,21,23,26,29H,8-10,13-16H2,(H,36,40)(H,37,41)(H,42,43)/t21?,23?,26-,29-/m0/s1. The highest BCUT2D eigenvalue weighted by Gasteiger charge is 2.47. The smallest absolute Gasteiger partial charge is 0.326 e. The zero-order valence-electron chi connectivity index (χ0n) is 23.3. The number of anilines is 1. The van der Waals surface area contributed by atoms with E-state index in [4.69, 9.17) is 23.2 Å². The summed E-state index contributed by atoms with van der Waals surface area (Å²) in [5, 5.41) is 15.6. The molecular weight excluding hydrogens is 591 g/mol. The van der Waals surface area contributed by atoms with Gasteiger partial charge in [0.25, 0.3) is 5.91 Å². The van der Waals surface area contributed by atoms with Crippen molar-refractivity contribution >= 4 is 52.6 Å². The third kappa shape index (κ3) is 7.17. The topological polar surface area (TPSA) is 129 Å². The van der Waals surface area contributed by atoms with Gasteiger partial charge in [-0.1, -0.05) is 65.7 Å². The molecule has 11 heteroatoms. The number of fused-ring (bicyclic) bond motifs is 3. The van der Waals surface area contributed by atoms with E-state index in [1.807, 2.05) is 30.3 Å². The number of halogens is 2. The number of nitrogens with one attached hydrogen (secondary N) is 2. The number of rotatable bonds is 10. The number of carboxylic acid groups (broad SMARTS) is 1. The normalized spacial score (nSPS) is 19.9. The zero-order valence-corrected chi connectivity index (χ0v) is 24.9. The highest BCUT2D eigenvalue weighted by atomic mass is 35.5. The van der Waals surface area contributed by atoms with Crippen LogP contribution in [0, 0.1) is 5.92 Å². The van der Waals surface area contributed by atoms with Gasteiger partial charge in [-0.2, -0.15) is 0 Å². The third-order valence-electron chi connectivity index (χ3n) is 8.25. The molecule has 9 nitrogen and oxygen atoms in total. The van der Waals surface area contributed by atoms with Crippen LogP contribution in [-0.4, -0.2) is 56.8 Å². The third-order valence-corrected chi connectivity index (χ3v) is 8.83. The summed E-state index contributed by atoms with van der Waals surface area (Å²) >= 11 is 12.1. The second-order valence-corrected chi connectivity index (χ2v) is 11.8. The van der Waals surface area contributed by atoms with Crippen LogP contribution >= 0.6 is 23.2 Å². The van der Waals surface area contributed by atoms with Crippen molar-refractivity contribution in [3.63, 3.8) is 0 Å². The molecule has 1 saturated carbocycles. The van der Waals surface area contributed by atoms with Gasteiger partial charge < -0.3 is 20.6 Å². The number of nitrogens with zero attached hydrogens (tertiary/aromatic N) is 2. The minimum absolute atomic E-state index is 0.00502. The number of hydrogen-bond donors (Lipinski definition) is 3. The maximum atomic E-state index is 13.6. The SMILES string of the molecule is O=C(Nc1ccc(C[C@H](NC(=O)[C@@H]2C3CCC(CC3)N2C(=O)CCc2ccccc2)C(=O)O)cc1)c1c(Cl)cncc1Cl. The van der Waals surface area contributed by atoms with Crippen LogP contribution in [0.2, 0.25) is 10.0 Å². The Morgan fingerprint density at radius 3 is 2.19 bits per heavy atom. The molecule has 3 aromatic rings. The lowest BCUT2D eigenvalue weighted by Crippen LogP contribution is -2.64. The van der Waals surface area contributed by atoms with Gasteiger partial charge in [-0.05, 0) is 61.3 Å². The summed E-state index contributed by atoms with van der Waals surface area (Å²) in [5.41, 5.74) is 2.25. The van der Waals surface area contributed by atoms with Gasteiger partial charge in [-0.3, -0.25) is 19.4 Å². The molecule has 2 aliphatic heterocycles. The maximum Gasteiger partial charge on any atom is 0.326 e. The van der Waals surface area contributed by atoms with Crippen molar-refractivity contribution < 1.29 is 24.3 Å². The second kappa shape index (κ2) is 13.6. The van der Waals surface area contributed by atoms with Crippen LogP contribution in [0.1, 0.15) is 53.6 Å². The Hall–Kier alpha value is -3.95. The fourth-order valence-corrected chi connectivity index (χ4v) is 6.65. The first-order chi connectivity index (χ1) is 20.7. The van der Waals surface area contributed by atoms with Crippen LogP contribution in [0.15, 0.2) is 67.0 Å². The maximum absolute atomic E-state index is 13.6.